The van der Waals surface area contributed by atoms with Crippen LogP contribution in [0.3, 0.4) is 0 Å². The first-order valence-electron chi connectivity index (χ1n) is 6.54. The van der Waals surface area contributed by atoms with Crippen LogP contribution in [-0.4, -0.2) is 8.42 Å². The lowest BCUT2D eigenvalue weighted by molar-refractivity contribution is 0.559. The predicted molar refractivity (Wildman–Crippen MR) is 80.9 cm³/mol. The third-order valence-corrected chi connectivity index (χ3v) is 4.61. The smallest absolute Gasteiger partial charge is 0.207 e. The fourth-order valence-electron chi connectivity index (χ4n) is 1.98. The molecule has 5 heteroatoms. The van der Waals surface area contributed by atoms with Gasteiger partial charge in [-0.05, 0) is 24.6 Å². The second-order valence-electron chi connectivity index (χ2n) is 4.76. The average Bonchev–Trinajstić information content (AvgIpc) is 2.48. The van der Waals surface area contributed by atoms with E-state index in [2.05, 4.69) is 4.72 Å². The van der Waals surface area contributed by atoms with Crippen molar-refractivity contribution in [2.24, 2.45) is 0 Å². The van der Waals surface area contributed by atoms with Crippen LogP contribution in [0.4, 0.5) is 0 Å². The highest BCUT2D eigenvalue weighted by molar-refractivity contribution is 7.89. The van der Waals surface area contributed by atoms with E-state index in [-0.39, 0.29) is 11.3 Å². The fourth-order valence-corrected chi connectivity index (χ4v) is 3.20. The monoisotopic (exact) mass is 300 g/mol. The molecular weight excluding hydrogens is 284 g/mol. The highest BCUT2D eigenvalue weighted by Crippen LogP contribution is 2.20. The number of nitrogens with zero attached hydrogens (tertiary/aromatic N) is 1. The van der Waals surface area contributed by atoms with Crippen molar-refractivity contribution in [3.63, 3.8) is 0 Å². The molecule has 1 unspecified atom stereocenters. The molecule has 1 atom stereocenters. The number of rotatable bonds is 5. The lowest BCUT2D eigenvalue weighted by atomic mass is 10.1. The summed E-state index contributed by atoms with van der Waals surface area (Å²) in [7, 11) is -3.65. The van der Waals surface area contributed by atoms with Gasteiger partial charge in [0.15, 0.2) is 0 Å². The Labute approximate surface area is 125 Å². The van der Waals surface area contributed by atoms with E-state index in [9.17, 15) is 8.42 Å². The first-order valence-corrected chi connectivity index (χ1v) is 8.02. The van der Waals surface area contributed by atoms with E-state index in [4.69, 9.17) is 5.26 Å². The van der Waals surface area contributed by atoms with Crippen molar-refractivity contribution in [3.8, 4) is 6.07 Å². The van der Waals surface area contributed by atoms with Crippen molar-refractivity contribution in [1.82, 2.24) is 4.72 Å². The summed E-state index contributed by atoms with van der Waals surface area (Å²) in [6, 6.07) is 17.2. The predicted octanol–water partition coefficient (Wildman–Crippen LogP) is 2.93. The molecule has 0 heterocycles. The summed E-state index contributed by atoms with van der Waals surface area (Å²) in [5.41, 5.74) is 1.76. The van der Waals surface area contributed by atoms with Crippen molar-refractivity contribution in [2.45, 2.75) is 24.3 Å². The van der Waals surface area contributed by atoms with Gasteiger partial charge in [0, 0.05) is 0 Å². The molecule has 0 saturated heterocycles. The molecule has 0 aliphatic heterocycles. The van der Waals surface area contributed by atoms with Crippen molar-refractivity contribution < 1.29 is 8.42 Å². The maximum atomic E-state index is 12.4. The zero-order valence-corrected chi connectivity index (χ0v) is 12.5. The Morgan fingerprint density at radius 3 is 2.29 bits per heavy atom. The van der Waals surface area contributed by atoms with Crippen molar-refractivity contribution >= 4 is 10.0 Å². The summed E-state index contributed by atoms with van der Waals surface area (Å²) >= 11 is 0. The van der Waals surface area contributed by atoms with Gasteiger partial charge in [0.25, 0.3) is 0 Å². The number of nitriles is 1. The van der Waals surface area contributed by atoms with E-state index in [1.54, 1.807) is 36.4 Å². The van der Waals surface area contributed by atoms with Gasteiger partial charge in [-0.1, -0.05) is 48.0 Å². The molecule has 1 N–H and O–H groups in total. The van der Waals surface area contributed by atoms with Gasteiger partial charge in [0.05, 0.1) is 23.4 Å². The summed E-state index contributed by atoms with van der Waals surface area (Å²) in [6.45, 7) is 1.90. The molecule has 0 radical (unpaired) electrons. The molecule has 4 nitrogen and oxygen atoms in total. The molecule has 108 valence electrons. The minimum atomic E-state index is -3.65. The van der Waals surface area contributed by atoms with Crippen LogP contribution in [0.2, 0.25) is 0 Å². The maximum Gasteiger partial charge on any atom is 0.241 e. The summed E-state index contributed by atoms with van der Waals surface area (Å²) < 4.78 is 27.4. The Bertz CT molecular complexity index is 732. The zero-order chi connectivity index (χ0) is 15.3. The van der Waals surface area contributed by atoms with E-state index >= 15 is 0 Å². The Kier molecular flexibility index (Phi) is 4.73. The van der Waals surface area contributed by atoms with Gasteiger partial charge in [-0.3, -0.25) is 0 Å². The molecule has 0 aliphatic carbocycles. The van der Waals surface area contributed by atoms with Gasteiger partial charge >= 0.3 is 0 Å². The van der Waals surface area contributed by atoms with E-state index < -0.39 is 16.1 Å². The lowest BCUT2D eigenvalue weighted by Gasteiger charge is -2.16. The number of aryl methyl sites for hydroxylation is 1. The third-order valence-electron chi connectivity index (χ3n) is 3.13. The normalized spacial score (nSPS) is 12.6. The van der Waals surface area contributed by atoms with Gasteiger partial charge < -0.3 is 0 Å². The Hall–Kier alpha value is -2.16. The first-order chi connectivity index (χ1) is 10.0. The molecule has 0 spiro atoms. The van der Waals surface area contributed by atoms with E-state index in [0.717, 1.165) is 11.1 Å². The second kappa shape index (κ2) is 6.53. The van der Waals surface area contributed by atoms with Crippen molar-refractivity contribution in [2.75, 3.05) is 0 Å². The summed E-state index contributed by atoms with van der Waals surface area (Å²) in [4.78, 5) is 0.201. The summed E-state index contributed by atoms with van der Waals surface area (Å²) in [5, 5.41) is 8.92. The molecule has 2 aromatic rings. The minimum Gasteiger partial charge on any atom is -0.207 e. The minimum absolute atomic E-state index is 0.0785. The third kappa shape index (κ3) is 3.91. The Morgan fingerprint density at radius 2 is 1.71 bits per heavy atom. The molecule has 0 amide bonds. The van der Waals surface area contributed by atoms with E-state index in [1.807, 2.05) is 31.2 Å². The largest absolute Gasteiger partial charge is 0.241 e. The van der Waals surface area contributed by atoms with Gasteiger partial charge in [0.1, 0.15) is 0 Å². The molecule has 21 heavy (non-hydrogen) atoms. The van der Waals surface area contributed by atoms with E-state index in [0.29, 0.717) is 0 Å². The molecule has 2 aromatic carbocycles. The van der Waals surface area contributed by atoms with Crippen LogP contribution in [0.25, 0.3) is 0 Å². The molecule has 0 bridgehead atoms. The van der Waals surface area contributed by atoms with Crippen molar-refractivity contribution in [3.05, 3.63) is 65.7 Å². The molecule has 0 aliphatic rings. The lowest BCUT2D eigenvalue weighted by Crippen LogP contribution is -2.28. The average molecular weight is 300 g/mol. The Balaban J connectivity index is 2.28. The van der Waals surface area contributed by atoms with Crippen LogP contribution < -0.4 is 4.72 Å². The van der Waals surface area contributed by atoms with Crippen LogP contribution >= 0.6 is 0 Å². The summed E-state index contributed by atoms with van der Waals surface area (Å²) in [6.07, 6.45) is 0.0785. The number of benzene rings is 2. The van der Waals surface area contributed by atoms with E-state index in [1.165, 1.54) is 0 Å². The summed E-state index contributed by atoms with van der Waals surface area (Å²) in [5.74, 6) is 0. The SMILES string of the molecule is Cc1ccc(S(=O)(=O)NC(CC#N)c2ccccc2)cc1. The number of nitrogens with one attached hydrogen (secondary N) is 1. The van der Waals surface area contributed by atoms with Gasteiger partial charge in [0.2, 0.25) is 10.0 Å². The fraction of sp³-hybridized carbons (Fsp3) is 0.188. The maximum absolute atomic E-state index is 12.4. The molecular formula is C16H16N2O2S. The van der Waals surface area contributed by atoms with Crippen LogP contribution in [0.5, 0.6) is 0 Å². The van der Waals surface area contributed by atoms with Gasteiger partial charge in [-0.15, -0.1) is 0 Å². The topological polar surface area (TPSA) is 70.0 Å². The molecule has 2 rings (SSSR count). The Morgan fingerprint density at radius 1 is 1.10 bits per heavy atom. The number of hydrogen-bond donors (Lipinski definition) is 1. The van der Waals surface area contributed by atoms with Crippen molar-refractivity contribution in [1.29, 1.82) is 5.26 Å². The van der Waals surface area contributed by atoms with Gasteiger partial charge in [-0.25, -0.2) is 13.1 Å². The van der Waals surface area contributed by atoms with Gasteiger partial charge in [-0.2, -0.15) is 5.26 Å². The molecule has 0 fully saturated rings. The standard InChI is InChI=1S/C16H16N2O2S/c1-13-7-9-15(10-8-13)21(19,20)18-16(11-12-17)14-5-3-2-4-6-14/h2-10,16,18H,11H2,1H3. The molecule has 0 aromatic heterocycles. The highest BCUT2D eigenvalue weighted by Gasteiger charge is 2.21. The first kappa shape index (κ1) is 15.2. The molecule has 0 saturated carbocycles. The highest BCUT2D eigenvalue weighted by atomic mass is 32.2. The van der Waals surface area contributed by atoms with Crippen LogP contribution in [0, 0.1) is 18.3 Å². The quantitative estimate of drug-likeness (QED) is 0.923. The number of sulfonamides is 1. The van der Waals surface area contributed by atoms with Crippen LogP contribution in [0.1, 0.15) is 23.6 Å². The van der Waals surface area contributed by atoms with Crippen LogP contribution in [0.15, 0.2) is 59.5 Å². The zero-order valence-electron chi connectivity index (χ0n) is 11.7. The number of hydrogen-bond acceptors (Lipinski definition) is 3. The van der Waals surface area contributed by atoms with Crippen LogP contribution in [-0.2, 0) is 10.0 Å². The second-order valence-corrected chi connectivity index (χ2v) is 6.47.